The number of hydrogen-bond acceptors (Lipinski definition) is 3. The Morgan fingerprint density at radius 3 is 2.48 bits per heavy atom. The molecule has 21 heavy (non-hydrogen) atoms. The topological polar surface area (TPSA) is 39.2 Å². The highest BCUT2D eigenvalue weighted by atomic mass is 35.5. The maximum atomic E-state index is 11.8. The van der Waals surface area contributed by atoms with Gasteiger partial charge >= 0.3 is 0 Å². The van der Waals surface area contributed by atoms with Crippen LogP contribution in [0.1, 0.15) is 25.0 Å². The summed E-state index contributed by atoms with van der Waals surface area (Å²) in [6, 6.07) is 15.4. The number of pyridine rings is 1. The molecular weight excluding hydrogens is 286 g/mol. The van der Waals surface area contributed by atoms with Gasteiger partial charge in [-0.1, -0.05) is 24.3 Å². The van der Waals surface area contributed by atoms with Crippen LogP contribution in [0, 0.1) is 0 Å². The molecule has 0 spiro atoms. The molecule has 2 rings (SSSR count). The van der Waals surface area contributed by atoms with E-state index in [-0.39, 0.29) is 18.2 Å². The molecule has 0 radical (unpaired) electrons. The zero-order chi connectivity index (χ0) is 14.0. The van der Waals surface area contributed by atoms with Crippen LogP contribution in [0.3, 0.4) is 0 Å². The number of carbonyl (C=O) groups excluding carboxylic acids is 1. The van der Waals surface area contributed by atoms with E-state index in [2.05, 4.69) is 4.98 Å². The van der Waals surface area contributed by atoms with Crippen LogP contribution in [-0.2, 0) is 11.2 Å². The summed E-state index contributed by atoms with van der Waals surface area (Å²) >= 11 is 0. The van der Waals surface area contributed by atoms with E-state index in [0.29, 0.717) is 19.4 Å². The molecular formula is C17H20ClNO2. The fraction of sp³-hybridized carbons (Fsp3) is 0.294. The van der Waals surface area contributed by atoms with Crippen molar-refractivity contribution in [3.63, 3.8) is 0 Å². The minimum Gasteiger partial charge on any atom is -0.494 e. The number of nitrogens with zero attached hydrogens (tertiary/aromatic N) is 1. The Bertz CT molecular complexity index is 517. The maximum Gasteiger partial charge on any atom is 0.138 e. The van der Waals surface area contributed by atoms with Crippen LogP contribution < -0.4 is 4.74 Å². The van der Waals surface area contributed by atoms with Crippen molar-refractivity contribution < 1.29 is 9.53 Å². The normalized spacial score (nSPS) is 9.71. The van der Waals surface area contributed by atoms with E-state index in [4.69, 9.17) is 4.74 Å². The summed E-state index contributed by atoms with van der Waals surface area (Å²) in [6.45, 7) is 0.654. The van der Waals surface area contributed by atoms with E-state index in [0.717, 1.165) is 24.3 Å². The number of carbonyl (C=O) groups is 1. The molecule has 2 aromatic rings. The van der Waals surface area contributed by atoms with Gasteiger partial charge < -0.3 is 4.74 Å². The van der Waals surface area contributed by atoms with E-state index in [1.54, 1.807) is 6.20 Å². The van der Waals surface area contributed by atoms with E-state index < -0.39 is 0 Å². The quantitative estimate of drug-likeness (QED) is 0.695. The lowest BCUT2D eigenvalue weighted by Gasteiger charge is -2.05. The smallest absolute Gasteiger partial charge is 0.138 e. The van der Waals surface area contributed by atoms with Gasteiger partial charge in [-0.05, 0) is 37.1 Å². The summed E-state index contributed by atoms with van der Waals surface area (Å²) in [5, 5.41) is 0. The number of hydrogen-bond donors (Lipinski definition) is 0. The zero-order valence-electron chi connectivity index (χ0n) is 11.9. The Hall–Kier alpha value is -1.87. The third-order valence-electron chi connectivity index (χ3n) is 2.97. The van der Waals surface area contributed by atoms with E-state index in [1.165, 1.54) is 0 Å². The maximum absolute atomic E-state index is 11.8. The van der Waals surface area contributed by atoms with Crippen molar-refractivity contribution in [2.45, 2.75) is 25.7 Å². The van der Waals surface area contributed by atoms with Gasteiger partial charge in [0.2, 0.25) is 0 Å². The first-order valence-electron chi connectivity index (χ1n) is 6.94. The first-order valence-corrected chi connectivity index (χ1v) is 6.94. The molecule has 0 saturated carbocycles. The predicted octanol–water partition coefficient (Wildman–Crippen LogP) is 3.86. The van der Waals surface area contributed by atoms with Crippen molar-refractivity contribution >= 4 is 18.2 Å². The summed E-state index contributed by atoms with van der Waals surface area (Å²) in [4.78, 5) is 15.9. The van der Waals surface area contributed by atoms with Crippen molar-refractivity contribution in [1.82, 2.24) is 4.98 Å². The predicted molar refractivity (Wildman–Crippen MR) is 86.0 cm³/mol. The van der Waals surface area contributed by atoms with Gasteiger partial charge in [0, 0.05) is 24.7 Å². The molecule has 4 heteroatoms. The highest BCUT2D eigenvalue weighted by Crippen LogP contribution is 2.09. The summed E-state index contributed by atoms with van der Waals surface area (Å²) in [7, 11) is 0. The average molecular weight is 306 g/mol. The van der Waals surface area contributed by atoms with Crippen molar-refractivity contribution in [1.29, 1.82) is 0 Å². The third-order valence-corrected chi connectivity index (χ3v) is 2.97. The monoisotopic (exact) mass is 305 g/mol. The standard InChI is InChI=1S/C17H19NO2.ClH/c19-16(14-15-8-4-6-12-18-15)9-5-7-13-20-17-10-2-1-3-11-17;/h1-4,6,8,10-12H,5,7,9,13-14H2;1H. The molecule has 3 nitrogen and oxygen atoms in total. The molecule has 1 aromatic carbocycles. The van der Waals surface area contributed by atoms with Crippen molar-refractivity contribution in [2.75, 3.05) is 6.61 Å². The molecule has 0 bridgehead atoms. The second kappa shape index (κ2) is 9.94. The summed E-state index contributed by atoms with van der Waals surface area (Å²) in [6.07, 6.45) is 4.49. The summed E-state index contributed by atoms with van der Waals surface area (Å²) < 4.78 is 5.58. The molecule has 1 heterocycles. The number of halogens is 1. The second-order valence-electron chi connectivity index (χ2n) is 4.66. The third kappa shape index (κ3) is 6.91. The number of rotatable bonds is 8. The minimum atomic E-state index is 0. The number of aromatic nitrogens is 1. The molecule has 0 aliphatic heterocycles. The van der Waals surface area contributed by atoms with Gasteiger partial charge in [0.25, 0.3) is 0 Å². The van der Waals surface area contributed by atoms with Crippen LogP contribution in [0.5, 0.6) is 5.75 Å². The summed E-state index contributed by atoms with van der Waals surface area (Å²) in [5.41, 5.74) is 0.845. The van der Waals surface area contributed by atoms with Gasteiger partial charge in [-0.15, -0.1) is 12.4 Å². The lowest BCUT2D eigenvalue weighted by atomic mass is 10.1. The Kier molecular flexibility index (Phi) is 8.14. The van der Waals surface area contributed by atoms with Crippen LogP contribution in [0.25, 0.3) is 0 Å². The molecule has 0 aliphatic carbocycles. The molecule has 0 amide bonds. The Morgan fingerprint density at radius 2 is 1.76 bits per heavy atom. The number of Topliss-reactive ketones (excluding diaryl/α,β-unsaturated/α-hetero) is 1. The number of para-hydroxylation sites is 1. The fourth-order valence-electron chi connectivity index (χ4n) is 1.92. The summed E-state index contributed by atoms with van der Waals surface area (Å²) in [5.74, 6) is 1.12. The first kappa shape index (κ1) is 17.2. The number of benzene rings is 1. The Labute approximate surface area is 131 Å². The lowest BCUT2D eigenvalue weighted by molar-refractivity contribution is -0.118. The highest BCUT2D eigenvalue weighted by molar-refractivity contribution is 5.85. The van der Waals surface area contributed by atoms with E-state index >= 15 is 0 Å². The van der Waals surface area contributed by atoms with Crippen molar-refractivity contribution in [3.05, 3.63) is 60.4 Å². The van der Waals surface area contributed by atoms with Gasteiger partial charge in [0.05, 0.1) is 6.61 Å². The van der Waals surface area contributed by atoms with Crippen LogP contribution >= 0.6 is 12.4 Å². The zero-order valence-corrected chi connectivity index (χ0v) is 12.7. The molecule has 0 unspecified atom stereocenters. The molecule has 112 valence electrons. The number of unbranched alkanes of at least 4 members (excludes halogenated alkanes) is 1. The molecule has 0 fully saturated rings. The Morgan fingerprint density at radius 1 is 1.00 bits per heavy atom. The first-order chi connectivity index (χ1) is 9.84. The molecule has 0 aliphatic rings. The average Bonchev–Trinajstić information content (AvgIpc) is 2.49. The van der Waals surface area contributed by atoms with Crippen LogP contribution in [-0.4, -0.2) is 17.4 Å². The van der Waals surface area contributed by atoms with Gasteiger partial charge in [0.1, 0.15) is 11.5 Å². The fourth-order valence-corrected chi connectivity index (χ4v) is 1.92. The SMILES string of the molecule is Cl.O=C(CCCCOc1ccccc1)Cc1ccccn1. The molecule has 0 N–H and O–H groups in total. The van der Waals surface area contributed by atoms with Crippen molar-refractivity contribution in [3.8, 4) is 5.75 Å². The molecule has 0 atom stereocenters. The van der Waals surface area contributed by atoms with Gasteiger partial charge in [-0.3, -0.25) is 9.78 Å². The van der Waals surface area contributed by atoms with E-state index in [1.807, 2.05) is 48.5 Å². The van der Waals surface area contributed by atoms with Gasteiger partial charge in [-0.25, -0.2) is 0 Å². The number of ketones is 1. The van der Waals surface area contributed by atoms with Crippen LogP contribution in [0.2, 0.25) is 0 Å². The lowest BCUT2D eigenvalue weighted by Crippen LogP contribution is -2.05. The number of ether oxygens (including phenoxy) is 1. The minimum absolute atomic E-state index is 0. The highest BCUT2D eigenvalue weighted by Gasteiger charge is 2.04. The van der Waals surface area contributed by atoms with E-state index in [9.17, 15) is 4.79 Å². The van der Waals surface area contributed by atoms with Gasteiger partial charge in [0.15, 0.2) is 0 Å². The van der Waals surface area contributed by atoms with Crippen LogP contribution in [0.15, 0.2) is 54.7 Å². The van der Waals surface area contributed by atoms with Crippen molar-refractivity contribution in [2.24, 2.45) is 0 Å². The van der Waals surface area contributed by atoms with Crippen LogP contribution in [0.4, 0.5) is 0 Å². The largest absolute Gasteiger partial charge is 0.494 e. The molecule has 1 aromatic heterocycles. The molecule has 0 saturated heterocycles. The second-order valence-corrected chi connectivity index (χ2v) is 4.66. The Balaban J connectivity index is 0.00000220. The van der Waals surface area contributed by atoms with Gasteiger partial charge in [-0.2, -0.15) is 0 Å².